The van der Waals surface area contributed by atoms with Gasteiger partial charge in [0.25, 0.3) is 11.5 Å². The zero-order valence-corrected chi connectivity index (χ0v) is 14.5. The van der Waals surface area contributed by atoms with Gasteiger partial charge in [-0.2, -0.15) is 0 Å². The van der Waals surface area contributed by atoms with E-state index in [2.05, 4.69) is 4.98 Å². The van der Waals surface area contributed by atoms with Gasteiger partial charge in [-0.3, -0.25) is 9.59 Å². The minimum atomic E-state index is -0.291. The maximum absolute atomic E-state index is 12.6. The molecule has 6 heteroatoms. The first-order valence-electron chi connectivity index (χ1n) is 8.57. The molecular weight excluding hydrogens is 340 g/mol. The zero-order chi connectivity index (χ0) is 17.4. The summed E-state index contributed by atoms with van der Waals surface area (Å²) in [5, 5.41) is 0.554. The number of pyridine rings is 1. The minimum Gasteiger partial charge on any atom is -0.485 e. The number of H-pyrrole nitrogens is 1. The van der Waals surface area contributed by atoms with Gasteiger partial charge in [-0.15, -0.1) is 0 Å². The molecule has 1 fully saturated rings. The van der Waals surface area contributed by atoms with Gasteiger partial charge in [-0.05, 0) is 49.4 Å². The monoisotopic (exact) mass is 358 g/mol. The molecule has 4 rings (SSSR count). The number of amides is 1. The summed E-state index contributed by atoms with van der Waals surface area (Å²) >= 11 is 6.08. The van der Waals surface area contributed by atoms with Crippen molar-refractivity contribution in [1.29, 1.82) is 0 Å². The second-order valence-corrected chi connectivity index (χ2v) is 7.01. The van der Waals surface area contributed by atoms with Crippen molar-refractivity contribution in [2.75, 3.05) is 13.1 Å². The lowest BCUT2D eigenvalue weighted by Gasteiger charge is -2.39. The van der Waals surface area contributed by atoms with Crippen LogP contribution in [0.1, 0.15) is 34.5 Å². The van der Waals surface area contributed by atoms with Crippen LogP contribution in [0.25, 0.3) is 0 Å². The van der Waals surface area contributed by atoms with Crippen molar-refractivity contribution in [2.45, 2.75) is 31.8 Å². The topological polar surface area (TPSA) is 62.4 Å². The van der Waals surface area contributed by atoms with Gasteiger partial charge in [0.15, 0.2) is 0 Å². The molecule has 2 heterocycles. The van der Waals surface area contributed by atoms with Gasteiger partial charge < -0.3 is 14.6 Å². The van der Waals surface area contributed by atoms with Crippen LogP contribution in [0.5, 0.6) is 5.75 Å². The van der Waals surface area contributed by atoms with Gasteiger partial charge in [0.05, 0.1) is 18.1 Å². The number of halogens is 1. The highest BCUT2D eigenvalue weighted by molar-refractivity contribution is 6.32. The summed E-state index contributed by atoms with van der Waals surface area (Å²) in [7, 11) is 0. The number of aromatic amines is 1. The van der Waals surface area contributed by atoms with E-state index in [4.69, 9.17) is 16.3 Å². The van der Waals surface area contributed by atoms with Crippen LogP contribution in [0, 0.1) is 0 Å². The van der Waals surface area contributed by atoms with Crippen LogP contribution < -0.4 is 10.3 Å². The number of carbonyl (C=O) groups is 1. The Morgan fingerprint density at radius 3 is 2.76 bits per heavy atom. The van der Waals surface area contributed by atoms with E-state index in [9.17, 15) is 9.59 Å². The summed E-state index contributed by atoms with van der Waals surface area (Å²) in [5.74, 6) is 0.390. The van der Waals surface area contributed by atoms with Crippen molar-refractivity contribution in [3.8, 4) is 5.75 Å². The van der Waals surface area contributed by atoms with E-state index in [-0.39, 0.29) is 23.1 Å². The number of nitrogens with zero attached hydrogens (tertiary/aromatic N) is 1. The lowest BCUT2D eigenvalue weighted by molar-refractivity contribution is 0.0177. The van der Waals surface area contributed by atoms with Crippen LogP contribution in [0.2, 0.25) is 5.02 Å². The highest BCUT2D eigenvalue weighted by Gasteiger charge is 2.34. The highest BCUT2D eigenvalue weighted by atomic mass is 35.5. The predicted molar refractivity (Wildman–Crippen MR) is 95.5 cm³/mol. The second kappa shape index (κ2) is 6.56. The van der Waals surface area contributed by atoms with E-state index in [1.807, 2.05) is 12.1 Å². The second-order valence-electron chi connectivity index (χ2n) is 6.60. The van der Waals surface area contributed by atoms with E-state index in [0.29, 0.717) is 23.9 Å². The molecule has 0 bridgehead atoms. The Labute approximate surface area is 150 Å². The lowest BCUT2D eigenvalue weighted by atomic mass is 9.94. The normalized spacial score (nSPS) is 16.9. The fraction of sp³-hybridized carbons (Fsp3) is 0.368. The number of hydrogen-bond acceptors (Lipinski definition) is 3. The number of benzene rings is 1. The Bertz CT molecular complexity index is 871. The molecule has 1 N–H and O–H groups in total. The van der Waals surface area contributed by atoms with Gasteiger partial charge >= 0.3 is 0 Å². The molecule has 1 aliphatic heterocycles. The molecule has 0 unspecified atom stereocenters. The number of aromatic nitrogens is 1. The number of para-hydroxylation sites is 1. The smallest absolute Gasteiger partial charge is 0.261 e. The van der Waals surface area contributed by atoms with E-state index in [1.165, 1.54) is 0 Å². The van der Waals surface area contributed by atoms with Crippen molar-refractivity contribution >= 4 is 17.5 Å². The first-order valence-corrected chi connectivity index (χ1v) is 8.95. The Morgan fingerprint density at radius 2 is 1.96 bits per heavy atom. The van der Waals surface area contributed by atoms with Crippen LogP contribution in [0.4, 0.5) is 0 Å². The summed E-state index contributed by atoms with van der Waals surface area (Å²) < 4.78 is 5.81. The number of carbonyl (C=O) groups excluding carboxylic acids is 1. The van der Waals surface area contributed by atoms with Gasteiger partial charge in [0.2, 0.25) is 0 Å². The van der Waals surface area contributed by atoms with Gasteiger partial charge in [-0.25, -0.2) is 0 Å². The van der Waals surface area contributed by atoms with Gasteiger partial charge in [0.1, 0.15) is 17.4 Å². The van der Waals surface area contributed by atoms with Crippen LogP contribution in [-0.4, -0.2) is 35.0 Å². The van der Waals surface area contributed by atoms with Crippen molar-refractivity contribution in [2.24, 2.45) is 0 Å². The van der Waals surface area contributed by atoms with Crippen LogP contribution in [-0.2, 0) is 12.8 Å². The molecule has 1 amide bonds. The number of aryl methyl sites for hydroxylation is 2. The van der Waals surface area contributed by atoms with Crippen molar-refractivity contribution in [3.63, 3.8) is 0 Å². The Balaban J connectivity index is 1.43. The predicted octanol–water partition coefficient (Wildman–Crippen LogP) is 2.81. The first-order chi connectivity index (χ1) is 12.1. The molecule has 1 aromatic carbocycles. The average Bonchev–Trinajstić information content (AvgIpc) is 2.58. The minimum absolute atomic E-state index is 0.0967. The third-order valence-corrected chi connectivity index (χ3v) is 5.15. The van der Waals surface area contributed by atoms with Gasteiger partial charge in [0, 0.05) is 5.69 Å². The van der Waals surface area contributed by atoms with Gasteiger partial charge in [-0.1, -0.05) is 23.7 Å². The summed E-state index contributed by atoms with van der Waals surface area (Å²) in [4.78, 5) is 29.4. The third kappa shape index (κ3) is 3.16. The molecule has 1 aliphatic carbocycles. The Morgan fingerprint density at radius 1 is 1.20 bits per heavy atom. The quantitative estimate of drug-likeness (QED) is 0.917. The molecule has 0 saturated carbocycles. The molecule has 0 atom stereocenters. The van der Waals surface area contributed by atoms with Crippen molar-refractivity contribution in [1.82, 2.24) is 9.88 Å². The van der Waals surface area contributed by atoms with Crippen molar-refractivity contribution < 1.29 is 9.53 Å². The summed E-state index contributed by atoms with van der Waals surface area (Å²) in [5.41, 5.74) is 2.02. The largest absolute Gasteiger partial charge is 0.485 e. The molecule has 0 radical (unpaired) electrons. The van der Waals surface area contributed by atoms with Crippen LogP contribution in [0.3, 0.4) is 0 Å². The molecule has 5 nitrogen and oxygen atoms in total. The standard InChI is InChI=1S/C19H19ClN2O3/c20-15-6-2-4-8-17(15)25-13-10-22(11-13)19(24)14-9-12-5-1-3-7-16(12)21-18(14)23/h2,4,6,8-9,13H,1,3,5,7,10-11H2,(H,21,23). The van der Waals surface area contributed by atoms with E-state index in [0.717, 1.165) is 36.9 Å². The van der Waals surface area contributed by atoms with E-state index in [1.54, 1.807) is 23.1 Å². The number of rotatable bonds is 3. The molecule has 130 valence electrons. The number of hydrogen-bond donors (Lipinski definition) is 1. The molecule has 1 aromatic heterocycles. The Hall–Kier alpha value is -2.27. The number of nitrogens with one attached hydrogen (secondary N) is 1. The molecule has 2 aromatic rings. The summed E-state index contributed by atoms with van der Waals surface area (Å²) in [6, 6.07) is 9.05. The SMILES string of the molecule is O=C(c1cc2c([nH]c1=O)CCCC2)N1CC(Oc2ccccc2Cl)C1. The fourth-order valence-electron chi connectivity index (χ4n) is 3.40. The first kappa shape index (κ1) is 16.2. The number of ether oxygens (including phenoxy) is 1. The summed E-state index contributed by atoms with van der Waals surface area (Å²) in [6.07, 6.45) is 3.90. The lowest BCUT2D eigenvalue weighted by Crippen LogP contribution is -2.56. The van der Waals surface area contributed by atoms with Crippen LogP contribution in [0.15, 0.2) is 35.1 Å². The molecule has 25 heavy (non-hydrogen) atoms. The third-order valence-electron chi connectivity index (χ3n) is 4.83. The summed E-state index contributed by atoms with van der Waals surface area (Å²) in [6.45, 7) is 0.918. The maximum atomic E-state index is 12.6. The maximum Gasteiger partial charge on any atom is 0.261 e. The van der Waals surface area contributed by atoms with Crippen molar-refractivity contribution in [3.05, 3.63) is 62.5 Å². The number of fused-ring (bicyclic) bond motifs is 1. The molecule has 1 saturated heterocycles. The molecule has 2 aliphatic rings. The average molecular weight is 359 g/mol. The molecule has 0 spiro atoms. The number of likely N-dealkylation sites (tertiary alicyclic amines) is 1. The fourth-order valence-corrected chi connectivity index (χ4v) is 3.58. The Kier molecular flexibility index (Phi) is 4.25. The van der Waals surface area contributed by atoms with E-state index < -0.39 is 0 Å². The van der Waals surface area contributed by atoms with E-state index >= 15 is 0 Å². The molecular formula is C19H19ClN2O3. The zero-order valence-electron chi connectivity index (χ0n) is 13.8. The highest BCUT2D eigenvalue weighted by Crippen LogP contribution is 2.27. The van der Waals surface area contributed by atoms with Crippen LogP contribution >= 0.6 is 11.6 Å².